The molecule has 0 aliphatic carbocycles. The summed E-state index contributed by atoms with van der Waals surface area (Å²) in [6.07, 6.45) is 0. The minimum atomic E-state index is -1.81. The molecule has 0 saturated carbocycles. The first-order valence-electron chi connectivity index (χ1n) is 8.23. The molecule has 1 atom stereocenters. The molecule has 0 fully saturated rings. The fraction of sp³-hybridized carbons (Fsp3) is 0.136. The predicted octanol–water partition coefficient (Wildman–Crippen LogP) is 4.62. The van der Waals surface area contributed by atoms with E-state index in [9.17, 15) is 9.36 Å². The van der Waals surface area contributed by atoms with Gasteiger partial charge in [0.25, 0.3) is 0 Å². The summed E-state index contributed by atoms with van der Waals surface area (Å²) in [6, 6.07) is 20.5. The van der Waals surface area contributed by atoms with Gasteiger partial charge in [0.15, 0.2) is 11.1 Å². The summed E-state index contributed by atoms with van der Waals surface area (Å²) in [5.74, 6) is -0.0649. The van der Waals surface area contributed by atoms with Gasteiger partial charge in [-0.3, -0.25) is 4.79 Å². The van der Waals surface area contributed by atoms with Gasteiger partial charge < -0.3 is 0 Å². The number of rotatable bonds is 4. The van der Waals surface area contributed by atoms with Gasteiger partial charge in [0, 0.05) is 5.56 Å². The Balaban J connectivity index is 2.11. The normalized spacial score (nSPS) is 11.2. The highest BCUT2D eigenvalue weighted by Crippen LogP contribution is 2.25. The maximum absolute atomic E-state index is 13.2. The Morgan fingerprint density at radius 1 is 0.800 bits per heavy atom. The molecule has 1 unspecified atom stereocenters. The van der Waals surface area contributed by atoms with Crippen molar-refractivity contribution >= 4 is 24.2 Å². The number of benzene rings is 3. The molecule has 3 aromatic carbocycles. The fourth-order valence-electron chi connectivity index (χ4n) is 3.22. The van der Waals surface area contributed by atoms with Crippen LogP contribution in [0.2, 0.25) is 0 Å². The van der Waals surface area contributed by atoms with E-state index in [1.54, 1.807) is 12.1 Å². The first-order chi connectivity index (χ1) is 12.0. The van der Waals surface area contributed by atoms with Gasteiger partial charge in [-0.2, -0.15) is 0 Å². The summed E-state index contributed by atoms with van der Waals surface area (Å²) in [6.45, 7) is 5.93. The zero-order chi connectivity index (χ0) is 18.0. The molecule has 2 nitrogen and oxygen atoms in total. The Hall–Kier alpha value is -2.57. The lowest BCUT2D eigenvalue weighted by atomic mass is 9.93. The van der Waals surface area contributed by atoms with Crippen molar-refractivity contribution in [3.8, 4) is 0 Å². The number of carbonyl (C=O) groups excluding carboxylic acids is 1. The van der Waals surface area contributed by atoms with Crippen molar-refractivity contribution in [1.29, 1.82) is 0 Å². The number of carbonyl (C=O) groups is 1. The third kappa shape index (κ3) is 3.45. The molecule has 0 aliphatic heterocycles. The van der Waals surface area contributed by atoms with Gasteiger partial charge in [-0.15, -0.1) is 0 Å². The first kappa shape index (κ1) is 17.3. The molecule has 0 radical (unpaired) electrons. The summed E-state index contributed by atoms with van der Waals surface area (Å²) in [5, 5.41) is 1.32. The number of hydrogen-bond acceptors (Lipinski definition) is 2. The van der Waals surface area contributed by atoms with E-state index in [-0.39, 0.29) is 5.78 Å². The third-order valence-electron chi connectivity index (χ3n) is 4.26. The highest BCUT2D eigenvalue weighted by atomic mass is 31.1. The molecule has 0 aliphatic rings. The Kier molecular flexibility index (Phi) is 4.92. The van der Waals surface area contributed by atoms with Gasteiger partial charge in [0.05, 0.1) is 5.56 Å². The van der Waals surface area contributed by atoms with Gasteiger partial charge >= 0.3 is 7.80 Å². The van der Waals surface area contributed by atoms with Crippen LogP contribution < -0.4 is 10.6 Å². The Labute approximate surface area is 149 Å². The van der Waals surface area contributed by atoms with Crippen LogP contribution in [0.1, 0.15) is 32.6 Å². The van der Waals surface area contributed by atoms with Gasteiger partial charge in [-0.05, 0) is 56.2 Å². The monoisotopic (exact) mass is 347 g/mol. The van der Waals surface area contributed by atoms with Crippen LogP contribution in [0.15, 0.2) is 66.7 Å². The Morgan fingerprint density at radius 2 is 1.36 bits per heavy atom. The third-order valence-corrected chi connectivity index (χ3v) is 5.86. The van der Waals surface area contributed by atoms with E-state index in [1.165, 1.54) is 0 Å². The van der Waals surface area contributed by atoms with E-state index < -0.39 is 7.80 Å². The van der Waals surface area contributed by atoms with Gasteiger partial charge in [0.2, 0.25) is 5.30 Å². The van der Waals surface area contributed by atoms with Crippen molar-refractivity contribution in [2.75, 3.05) is 0 Å². The average Bonchev–Trinajstić information content (AvgIpc) is 2.61. The number of aryl methyl sites for hydroxylation is 3. The largest absolute Gasteiger partial charge is 0.416 e. The van der Waals surface area contributed by atoms with Crippen molar-refractivity contribution in [3.05, 3.63) is 94.5 Å². The molecule has 3 rings (SSSR count). The van der Waals surface area contributed by atoms with Crippen molar-refractivity contribution in [1.82, 2.24) is 0 Å². The predicted molar refractivity (Wildman–Crippen MR) is 104 cm³/mol. The summed E-state index contributed by atoms with van der Waals surface area (Å²) < 4.78 is 13.0. The zero-order valence-corrected chi connectivity index (χ0v) is 15.5. The van der Waals surface area contributed by atoms with E-state index >= 15 is 0 Å². The maximum Gasteiger partial charge on any atom is 0.416 e. The average molecular weight is 347 g/mol. The molecule has 0 amide bonds. The topological polar surface area (TPSA) is 34.1 Å². The molecule has 0 spiro atoms. The lowest BCUT2D eigenvalue weighted by Gasteiger charge is -2.10. The lowest BCUT2D eigenvalue weighted by molar-refractivity contribution is 0.103. The van der Waals surface area contributed by atoms with Crippen LogP contribution in [0.5, 0.6) is 0 Å². The van der Waals surface area contributed by atoms with Gasteiger partial charge in [-0.25, -0.2) is 0 Å². The molecular formula is C22H20O2P+. The van der Waals surface area contributed by atoms with Crippen LogP contribution in [0, 0.1) is 20.8 Å². The quantitative estimate of drug-likeness (QED) is 0.510. The van der Waals surface area contributed by atoms with Gasteiger partial charge in [-0.1, -0.05) is 52.6 Å². The molecule has 124 valence electrons. The Bertz CT molecular complexity index is 936. The van der Waals surface area contributed by atoms with Gasteiger partial charge in [0.1, 0.15) is 0 Å². The van der Waals surface area contributed by atoms with E-state index in [2.05, 4.69) is 0 Å². The summed E-state index contributed by atoms with van der Waals surface area (Å²) in [5.41, 5.74) is 4.26. The van der Waals surface area contributed by atoms with E-state index in [0.29, 0.717) is 16.4 Å². The summed E-state index contributed by atoms with van der Waals surface area (Å²) >= 11 is 0. The molecule has 0 N–H and O–H groups in total. The SMILES string of the molecule is Cc1cc(C)c(C(=O)c2ccccc2[P+](=O)c2ccccc2)c(C)c1. The minimum absolute atomic E-state index is 0.0649. The molecular weight excluding hydrogens is 327 g/mol. The van der Waals surface area contributed by atoms with Crippen molar-refractivity contribution < 1.29 is 9.36 Å². The smallest absolute Gasteiger partial charge is 0.288 e. The second-order valence-corrected chi connectivity index (χ2v) is 7.84. The van der Waals surface area contributed by atoms with Crippen LogP contribution in [0.25, 0.3) is 0 Å². The molecule has 0 heterocycles. The minimum Gasteiger partial charge on any atom is -0.288 e. The van der Waals surface area contributed by atoms with Crippen LogP contribution in [-0.2, 0) is 4.57 Å². The lowest BCUT2D eigenvalue weighted by Crippen LogP contribution is -2.18. The second-order valence-electron chi connectivity index (χ2n) is 6.25. The summed E-state index contributed by atoms with van der Waals surface area (Å²) in [4.78, 5) is 13.2. The molecule has 3 aromatic rings. The highest BCUT2D eigenvalue weighted by molar-refractivity contribution is 7.61. The number of hydrogen-bond donors (Lipinski definition) is 0. The molecule has 3 heteroatoms. The van der Waals surface area contributed by atoms with Crippen molar-refractivity contribution in [2.24, 2.45) is 0 Å². The fourth-order valence-corrected chi connectivity index (χ4v) is 4.56. The van der Waals surface area contributed by atoms with Crippen molar-refractivity contribution in [2.45, 2.75) is 20.8 Å². The van der Waals surface area contributed by atoms with Crippen LogP contribution in [0.3, 0.4) is 0 Å². The van der Waals surface area contributed by atoms with Crippen LogP contribution >= 0.6 is 7.80 Å². The highest BCUT2D eigenvalue weighted by Gasteiger charge is 2.30. The van der Waals surface area contributed by atoms with Crippen molar-refractivity contribution in [3.63, 3.8) is 0 Å². The molecule has 0 aromatic heterocycles. The zero-order valence-electron chi connectivity index (χ0n) is 14.6. The molecule has 0 saturated heterocycles. The second kappa shape index (κ2) is 7.13. The molecule has 0 bridgehead atoms. The van der Waals surface area contributed by atoms with E-state index in [0.717, 1.165) is 22.0 Å². The van der Waals surface area contributed by atoms with Crippen LogP contribution in [0.4, 0.5) is 0 Å². The molecule has 25 heavy (non-hydrogen) atoms. The number of ketones is 1. The van der Waals surface area contributed by atoms with E-state index in [1.807, 2.05) is 75.4 Å². The first-order valence-corrected chi connectivity index (χ1v) is 9.49. The summed E-state index contributed by atoms with van der Waals surface area (Å²) in [7, 11) is -1.81. The van der Waals surface area contributed by atoms with Crippen LogP contribution in [-0.4, -0.2) is 5.78 Å². The Morgan fingerprint density at radius 3 is 2.00 bits per heavy atom. The standard InChI is InChI=1S/C22H20O2P/c1-15-13-16(2)21(17(3)14-15)22(23)19-11-7-8-12-20(19)25(24)18-9-5-4-6-10-18/h4-14H,1-3H3/q+1. The maximum atomic E-state index is 13.2. The van der Waals surface area contributed by atoms with E-state index in [4.69, 9.17) is 0 Å².